The Balaban J connectivity index is 1.81. The minimum absolute atomic E-state index is 0.0326. The highest BCUT2D eigenvalue weighted by Gasteiger charge is 2.40. The predicted molar refractivity (Wildman–Crippen MR) is 113 cm³/mol. The SMILES string of the molecule is OCCN1C(=S)N[C@@H](c2ccccn2)[C@H]1c1cccn1-c1cccc(Br)c1. The average Bonchev–Trinajstić information content (AvgIpc) is 3.28. The molecule has 3 heterocycles. The van der Waals surface area contributed by atoms with Crippen molar-refractivity contribution in [3.8, 4) is 5.69 Å². The summed E-state index contributed by atoms with van der Waals surface area (Å²) in [4.78, 5) is 6.58. The molecule has 1 aliphatic heterocycles. The molecule has 5 nitrogen and oxygen atoms in total. The topological polar surface area (TPSA) is 53.3 Å². The minimum atomic E-state index is -0.0916. The van der Waals surface area contributed by atoms with Crippen LogP contribution in [-0.2, 0) is 0 Å². The largest absolute Gasteiger partial charge is 0.395 e. The maximum Gasteiger partial charge on any atom is 0.170 e. The second-order valence-electron chi connectivity index (χ2n) is 6.33. The summed E-state index contributed by atoms with van der Waals surface area (Å²) >= 11 is 9.12. The highest BCUT2D eigenvalue weighted by molar-refractivity contribution is 9.10. The molecule has 0 aliphatic carbocycles. The number of rotatable bonds is 5. The third-order valence-corrected chi connectivity index (χ3v) is 5.55. The van der Waals surface area contributed by atoms with E-state index in [2.05, 4.69) is 49.0 Å². The summed E-state index contributed by atoms with van der Waals surface area (Å²) < 4.78 is 3.18. The van der Waals surface area contributed by atoms with Crippen LogP contribution in [0.15, 0.2) is 71.5 Å². The van der Waals surface area contributed by atoms with E-state index in [9.17, 15) is 5.11 Å². The molecule has 1 aromatic carbocycles. The monoisotopic (exact) mass is 442 g/mol. The molecule has 27 heavy (non-hydrogen) atoms. The molecule has 2 N–H and O–H groups in total. The molecule has 1 fully saturated rings. The van der Waals surface area contributed by atoms with E-state index in [-0.39, 0.29) is 18.7 Å². The second-order valence-corrected chi connectivity index (χ2v) is 7.63. The quantitative estimate of drug-likeness (QED) is 0.591. The Hall–Kier alpha value is -2.22. The third kappa shape index (κ3) is 3.50. The van der Waals surface area contributed by atoms with Gasteiger partial charge in [-0.25, -0.2) is 0 Å². The summed E-state index contributed by atoms with van der Waals surface area (Å²) in [5.74, 6) is 0. The summed E-state index contributed by atoms with van der Waals surface area (Å²) in [5, 5.41) is 13.6. The number of benzene rings is 1. The van der Waals surface area contributed by atoms with Crippen molar-refractivity contribution in [3.63, 3.8) is 0 Å². The van der Waals surface area contributed by atoms with E-state index in [1.54, 1.807) is 6.20 Å². The molecule has 7 heteroatoms. The van der Waals surface area contributed by atoms with Crippen LogP contribution in [0.2, 0.25) is 0 Å². The van der Waals surface area contributed by atoms with Crippen LogP contribution in [0.5, 0.6) is 0 Å². The lowest BCUT2D eigenvalue weighted by atomic mass is 10.0. The normalized spacial score (nSPS) is 19.3. The molecule has 2 atom stereocenters. The van der Waals surface area contributed by atoms with Gasteiger partial charge in [-0.2, -0.15) is 0 Å². The molecule has 1 aliphatic rings. The highest BCUT2D eigenvalue weighted by atomic mass is 79.9. The number of thiocarbonyl (C=S) groups is 1. The molecule has 1 saturated heterocycles. The van der Waals surface area contributed by atoms with Crippen LogP contribution >= 0.6 is 28.1 Å². The van der Waals surface area contributed by atoms with Gasteiger partial charge in [-0.05, 0) is 54.7 Å². The standard InChI is InChI=1S/C20H19BrN4OS/c21-14-5-3-6-15(13-14)24-10-4-8-17(24)19-18(16-7-1-2-9-22-16)23-20(27)25(19)11-12-26/h1-10,13,18-19,26H,11-12H2,(H,23,27)/t18-,19+/m0/s1. The number of hydrogen-bond donors (Lipinski definition) is 2. The van der Waals surface area contributed by atoms with Crippen LogP contribution in [-0.4, -0.2) is 37.8 Å². The maximum absolute atomic E-state index is 9.58. The fourth-order valence-corrected chi connectivity index (χ4v) is 4.29. The Morgan fingerprint density at radius 1 is 1.15 bits per heavy atom. The smallest absolute Gasteiger partial charge is 0.170 e. The van der Waals surface area contributed by atoms with E-state index in [0.717, 1.165) is 21.5 Å². The Morgan fingerprint density at radius 2 is 2.04 bits per heavy atom. The molecule has 0 saturated carbocycles. The minimum Gasteiger partial charge on any atom is -0.395 e. The van der Waals surface area contributed by atoms with Crippen molar-refractivity contribution >= 4 is 33.3 Å². The zero-order valence-corrected chi connectivity index (χ0v) is 16.9. The Morgan fingerprint density at radius 3 is 2.78 bits per heavy atom. The van der Waals surface area contributed by atoms with Crippen LogP contribution in [0, 0.1) is 0 Å². The van der Waals surface area contributed by atoms with Gasteiger partial charge in [-0.15, -0.1) is 0 Å². The molecule has 0 radical (unpaired) electrons. The number of hydrogen-bond acceptors (Lipinski definition) is 3. The van der Waals surface area contributed by atoms with Gasteiger partial charge < -0.3 is 19.9 Å². The van der Waals surface area contributed by atoms with Crippen LogP contribution in [0.3, 0.4) is 0 Å². The number of aromatic nitrogens is 2. The van der Waals surface area contributed by atoms with E-state index in [1.807, 2.05) is 47.5 Å². The summed E-state index contributed by atoms with van der Waals surface area (Å²) in [6.45, 7) is 0.494. The molecular formula is C20H19BrN4OS. The molecule has 138 valence electrons. The third-order valence-electron chi connectivity index (χ3n) is 4.71. The summed E-state index contributed by atoms with van der Waals surface area (Å²) in [6.07, 6.45) is 3.84. The first-order chi connectivity index (χ1) is 13.2. The van der Waals surface area contributed by atoms with Gasteiger partial charge in [0.1, 0.15) is 0 Å². The zero-order chi connectivity index (χ0) is 18.8. The Kier molecular flexibility index (Phi) is 5.24. The van der Waals surface area contributed by atoms with Crippen molar-refractivity contribution in [3.05, 3.63) is 82.9 Å². The molecule has 0 spiro atoms. The van der Waals surface area contributed by atoms with E-state index in [0.29, 0.717) is 11.7 Å². The number of β-amino-alcohol motifs (C(OH)–C–C–N with tert-alkyl or cyclic N) is 1. The van der Waals surface area contributed by atoms with Crippen molar-refractivity contribution in [2.24, 2.45) is 0 Å². The Labute approximate surface area is 171 Å². The number of halogens is 1. The first-order valence-corrected chi connectivity index (χ1v) is 9.91. The summed E-state index contributed by atoms with van der Waals surface area (Å²) in [7, 11) is 0. The fraction of sp³-hybridized carbons (Fsp3) is 0.200. The Bertz CT molecular complexity index is 946. The molecule has 0 amide bonds. The van der Waals surface area contributed by atoms with E-state index in [4.69, 9.17) is 12.2 Å². The van der Waals surface area contributed by atoms with Crippen molar-refractivity contribution < 1.29 is 5.11 Å². The van der Waals surface area contributed by atoms with Crippen LogP contribution in [0.4, 0.5) is 0 Å². The molecule has 0 bridgehead atoms. The van der Waals surface area contributed by atoms with Gasteiger partial charge in [0.25, 0.3) is 0 Å². The summed E-state index contributed by atoms with van der Waals surface area (Å²) in [5.41, 5.74) is 3.07. The van der Waals surface area contributed by atoms with Gasteiger partial charge in [0.15, 0.2) is 5.11 Å². The number of pyridine rings is 1. The van der Waals surface area contributed by atoms with Gasteiger partial charge in [0, 0.05) is 34.8 Å². The lowest BCUT2D eigenvalue weighted by Crippen LogP contribution is -2.32. The van der Waals surface area contributed by atoms with Gasteiger partial charge in [-0.1, -0.05) is 28.1 Å². The lowest BCUT2D eigenvalue weighted by molar-refractivity contribution is 0.220. The van der Waals surface area contributed by atoms with Crippen molar-refractivity contribution in [2.75, 3.05) is 13.2 Å². The molecule has 4 rings (SSSR count). The first-order valence-electron chi connectivity index (χ1n) is 8.71. The highest BCUT2D eigenvalue weighted by Crippen LogP contribution is 2.39. The molecule has 0 unspecified atom stereocenters. The average molecular weight is 443 g/mol. The number of nitrogens with one attached hydrogen (secondary N) is 1. The van der Waals surface area contributed by atoms with E-state index in [1.165, 1.54) is 0 Å². The lowest BCUT2D eigenvalue weighted by Gasteiger charge is -2.28. The first kappa shape index (κ1) is 18.2. The van der Waals surface area contributed by atoms with Gasteiger partial charge >= 0.3 is 0 Å². The summed E-state index contributed by atoms with van der Waals surface area (Å²) in [6, 6.07) is 18.0. The maximum atomic E-state index is 9.58. The number of aliphatic hydroxyl groups is 1. The van der Waals surface area contributed by atoms with E-state index < -0.39 is 0 Å². The number of aliphatic hydroxyl groups excluding tert-OH is 1. The fourth-order valence-electron chi connectivity index (χ4n) is 3.57. The molecule has 3 aromatic rings. The zero-order valence-electron chi connectivity index (χ0n) is 14.5. The van der Waals surface area contributed by atoms with Gasteiger partial charge in [-0.3, -0.25) is 4.98 Å². The van der Waals surface area contributed by atoms with Crippen molar-refractivity contribution in [1.82, 2.24) is 19.8 Å². The van der Waals surface area contributed by atoms with Gasteiger partial charge in [0.2, 0.25) is 0 Å². The van der Waals surface area contributed by atoms with Crippen molar-refractivity contribution in [1.29, 1.82) is 0 Å². The van der Waals surface area contributed by atoms with E-state index >= 15 is 0 Å². The van der Waals surface area contributed by atoms with Gasteiger partial charge in [0.05, 0.1) is 24.4 Å². The molecule has 2 aromatic heterocycles. The van der Waals surface area contributed by atoms with Crippen LogP contribution in [0.1, 0.15) is 23.5 Å². The van der Waals surface area contributed by atoms with Crippen LogP contribution < -0.4 is 5.32 Å². The molecular weight excluding hydrogens is 424 g/mol. The number of nitrogens with zero attached hydrogens (tertiary/aromatic N) is 3. The predicted octanol–water partition coefficient (Wildman–Crippen LogP) is 3.60. The van der Waals surface area contributed by atoms with Crippen LogP contribution in [0.25, 0.3) is 5.69 Å². The second kappa shape index (κ2) is 7.80. The van der Waals surface area contributed by atoms with Crippen molar-refractivity contribution in [2.45, 2.75) is 12.1 Å².